The second-order valence-corrected chi connectivity index (χ2v) is 3.41. The van der Waals surface area contributed by atoms with Gasteiger partial charge in [-0.1, -0.05) is 0 Å². The number of fused-ring (bicyclic) bond motifs is 1. The highest BCUT2D eigenvalue weighted by atomic mass is 16.2. The first-order chi connectivity index (χ1) is 5.45. The summed E-state index contributed by atoms with van der Waals surface area (Å²) in [6.45, 7) is 3.48. The van der Waals surface area contributed by atoms with E-state index in [0.29, 0.717) is 0 Å². The lowest BCUT2D eigenvalue weighted by Gasteiger charge is -2.29. The molecule has 0 atom stereocenters. The number of urea groups is 2. The summed E-state index contributed by atoms with van der Waals surface area (Å²) in [6.07, 6.45) is 0. The largest absolute Gasteiger partial charge is 0.318 e. The summed E-state index contributed by atoms with van der Waals surface area (Å²) in [4.78, 5) is 21.9. The molecule has 6 nitrogen and oxygen atoms in total. The van der Waals surface area contributed by atoms with Crippen molar-refractivity contribution >= 4 is 12.1 Å². The predicted octanol–water partition coefficient (Wildman–Crippen LogP) is -0.956. The van der Waals surface area contributed by atoms with Crippen molar-refractivity contribution in [1.29, 1.82) is 0 Å². The second kappa shape index (κ2) is 1.65. The lowest BCUT2D eigenvalue weighted by molar-refractivity contribution is 0.235. The van der Waals surface area contributed by atoms with E-state index in [1.807, 2.05) is 0 Å². The monoisotopic (exact) mass is 170 g/mol. The standard InChI is InChI=1S/C6H10N4O2/c1-5-6(2,9-3(11)7-5)10-4(12)8-5/h1-2H3,(H2,7,9,11)(H2,8,10,12)/t5-,6+. The summed E-state index contributed by atoms with van der Waals surface area (Å²) in [5, 5.41) is 10.5. The van der Waals surface area contributed by atoms with Gasteiger partial charge >= 0.3 is 12.1 Å². The summed E-state index contributed by atoms with van der Waals surface area (Å²) in [5.74, 6) is 0. The molecule has 66 valence electrons. The van der Waals surface area contributed by atoms with Gasteiger partial charge < -0.3 is 21.3 Å². The molecule has 2 fully saturated rings. The van der Waals surface area contributed by atoms with Crippen molar-refractivity contribution in [2.45, 2.75) is 25.2 Å². The third-order valence-electron chi connectivity index (χ3n) is 2.45. The van der Waals surface area contributed by atoms with Gasteiger partial charge in [0.1, 0.15) is 0 Å². The van der Waals surface area contributed by atoms with Crippen LogP contribution in [0.4, 0.5) is 9.59 Å². The summed E-state index contributed by atoms with van der Waals surface area (Å²) >= 11 is 0. The Hall–Kier alpha value is -1.46. The number of hydrogen-bond acceptors (Lipinski definition) is 2. The molecular formula is C6H10N4O2. The topological polar surface area (TPSA) is 82.3 Å². The van der Waals surface area contributed by atoms with Crippen molar-refractivity contribution in [3.63, 3.8) is 0 Å². The number of rotatable bonds is 0. The van der Waals surface area contributed by atoms with Crippen LogP contribution in [0.25, 0.3) is 0 Å². The maximum absolute atomic E-state index is 11.0. The molecule has 0 saturated carbocycles. The van der Waals surface area contributed by atoms with E-state index in [1.165, 1.54) is 0 Å². The Morgan fingerprint density at radius 1 is 0.833 bits per heavy atom. The van der Waals surface area contributed by atoms with Gasteiger partial charge in [0.2, 0.25) is 0 Å². The lowest BCUT2D eigenvalue weighted by atomic mass is 10.0. The lowest BCUT2D eigenvalue weighted by Crippen LogP contribution is -2.62. The second-order valence-electron chi connectivity index (χ2n) is 3.41. The molecule has 4 N–H and O–H groups in total. The van der Waals surface area contributed by atoms with Crippen LogP contribution in [0, 0.1) is 0 Å². The van der Waals surface area contributed by atoms with Crippen LogP contribution in [0.2, 0.25) is 0 Å². The highest BCUT2D eigenvalue weighted by molar-refractivity contribution is 5.87. The molecule has 0 bridgehead atoms. The maximum atomic E-state index is 11.0. The third-order valence-corrected chi connectivity index (χ3v) is 2.45. The molecular weight excluding hydrogens is 160 g/mol. The number of nitrogens with one attached hydrogen (secondary N) is 4. The molecule has 2 aliphatic rings. The van der Waals surface area contributed by atoms with Crippen molar-refractivity contribution in [1.82, 2.24) is 21.3 Å². The molecule has 0 radical (unpaired) electrons. The van der Waals surface area contributed by atoms with E-state index in [1.54, 1.807) is 13.8 Å². The summed E-state index contributed by atoms with van der Waals surface area (Å²) in [5.41, 5.74) is -1.47. The van der Waals surface area contributed by atoms with E-state index in [0.717, 1.165) is 0 Å². The Morgan fingerprint density at radius 2 is 1.08 bits per heavy atom. The van der Waals surface area contributed by atoms with Crippen LogP contribution in [0.5, 0.6) is 0 Å². The average Bonchev–Trinajstić information content (AvgIpc) is 2.09. The number of hydrogen-bond donors (Lipinski definition) is 4. The molecule has 2 aliphatic heterocycles. The fourth-order valence-corrected chi connectivity index (χ4v) is 1.53. The first-order valence-corrected chi connectivity index (χ1v) is 3.66. The maximum Gasteiger partial charge on any atom is 0.318 e. The van der Waals surface area contributed by atoms with Crippen LogP contribution in [0.3, 0.4) is 0 Å². The van der Waals surface area contributed by atoms with Gasteiger partial charge in [-0.05, 0) is 13.8 Å². The van der Waals surface area contributed by atoms with Crippen molar-refractivity contribution < 1.29 is 9.59 Å². The Morgan fingerprint density at radius 3 is 1.33 bits per heavy atom. The Labute approximate surface area is 69.1 Å². The molecule has 0 spiro atoms. The Bertz CT molecular complexity index is 231. The zero-order valence-electron chi connectivity index (χ0n) is 6.82. The van der Waals surface area contributed by atoms with E-state index >= 15 is 0 Å². The highest BCUT2D eigenvalue weighted by Gasteiger charge is 2.58. The minimum atomic E-state index is -0.735. The van der Waals surface area contributed by atoms with Gasteiger partial charge in [0.05, 0.1) is 0 Å². The van der Waals surface area contributed by atoms with Crippen molar-refractivity contribution in [2.24, 2.45) is 0 Å². The van der Waals surface area contributed by atoms with Crippen LogP contribution >= 0.6 is 0 Å². The smallest absolute Gasteiger partial charge is 0.312 e. The fourth-order valence-electron chi connectivity index (χ4n) is 1.53. The van der Waals surface area contributed by atoms with Gasteiger partial charge in [0, 0.05) is 0 Å². The molecule has 0 aliphatic carbocycles. The minimum absolute atomic E-state index is 0.285. The van der Waals surface area contributed by atoms with Gasteiger partial charge in [-0.3, -0.25) is 0 Å². The summed E-state index contributed by atoms with van der Waals surface area (Å²) in [6, 6.07) is -0.569. The molecule has 2 rings (SSSR count). The molecule has 2 saturated heterocycles. The van der Waals surface area contributed by atoms with E-state index in [2.05, 4.69) is 21.3 Å². The summed E-state index contributed by atoms with van der Waals surface area (Å²) < 4.78 is 0. The van der Waals surface area contributed by atoms with Gasteiger partial charge in [0.15, 0.2) is 11.3 Å². The first kappa shape index (κ1) is 7.20. The fraction of sp³-hybridized carbons (Fsp3) is 0.667. The zero-order valence-corrected chi connectivity index (χ0v) is 6.82. The SMILES string of the molecule is C[C@]12NC(=O)N[C@@]1(C)NC(=O)N2. The van der Waals surface area contributed by atoms with E-state index in [4.69, 9.17) is 0 Å². The van der Waals surface area contributed by atoms with E-state index in [9.17, 15) is 9.59 Å². The normalized spacial score (nSPS) is 44.2. The van der Waals surface area contributed by atoms with Crippen molar-refractivity contribution in [3.8, 4) is 0 Å². The zero-order chi connectivity index (χ0) is 8.98. The van der Waals surface area contributed by atoms with Crippen LogP contribution in [-0.2, 0) is 0 Å². The predicted molar refractivity (Wildman–Crippen MR) is 40.1 cm³/mol. The molecule has 0 unspecified atom stereocenters. The van der Waals surface area contributed by atoms with Gasteiger partial charge in [0.25, 0.3) is 0 Å². The molecule has 2 heterocycles. The number of carbonyl (C=O) groups is 2. The van der Waals surface area contributed by atoms with E-state index < -0.39 is 11.3 Å². The van der Waals surface area contributed by atoms with Gasteiger partial charge in [-0.15, -0.1) is 0 Å². The minimum Gasteiger partial charge on any atom is -0.312 e. The molecule has 0 aromatic carbocycles. The molecule has 0 aromatic rings. The van der Waals surface area contributed by atoms with Crippen LogP contribution in [-0.4, -0.2) is 23.4 Å². The summed E-state index contributed by atoms with van der Waals surface area (Å²) in [7, 11) is 0. The van der Waals surface area contributed by atoms with Gasteiger partial charge in [-0.2, -0.15) is 0 Å². The Kier molecular flexibility index (Phi) is 0.990. The van der Waals surface area contributed by atoms with Crippen molar-refractivity contribution in [3.05, 3.63) is 0 Å². The van der Waals surface area contributed by atoms with E-state index in [-0.39, 0.29) is 12.1 Å². The molecule has 6 heteroatoms. The van der Waals surface area contributed by atoms with Gasteiger partial charge in [-0.25, -0.2) is 9.59 Å². The molecule has 0 aromatic heterocycles. The average molecular weight is 170 g/mol. The van der Waals surface area contributed by atoms with Crippen LogP contribution in [0.15, 0.2) is 0 Å². The number of amides is 4. The quantitative estimate of drug-likeness (QED) is 0.378. The first-order valence-electron chi connectivity index (χ1n) is 3.66. The highest BCUT2D eigenvalue weighted by Crippen LogP contribution is 2.25. The van der Waals surface area contributed by atoms with Crippen LogP contribution < -0.4 is 21.3 Å². The number of carbonyl (C=O) groups excluding carboxylic acids is 2. The van der Waals surface area contributed by atoms with Crippen LogP contribution in [0.1, 0.15) is 13.8 Å². The Balaban J connectivity index is 2.38. The molecule has 12 heavy (non-hydrogen) atoms. The van der Waals surface area contributed by atoms with Crippen molar-refractivity contribution in [2.75, 3.05) is 0 Å². The third kappa shape index (κ3) is 0.640. The molecule has 4 amide bonds.